The number of halogens is 1. The summed E-state index contributed by atoms with van der Waals surface area (Å²) in [5.74, 6) is -0.132. The first kappa shape index (κ1) is 16.6. The van der Waals surface area contributed by atoms with Crippen molar-refractivity contribution in [3.05, 3.63) is 23.3 Å². The average molecular weight is 310 g/mol. The van der Waals surface area contributed by atoms with Gasteiger partial charge in [-0.05, 0) is 44.4 Å². The van der Waals surface area contributed by atoms with Crippen molar-refractivity contribution in [2.75, 3.05) is 14.2 Å². The number of hydrogen-bond donors (Lipinski definition) is 1. The zero-order chi connectivity index (χ0) is 16.5. The summed E-state index contributed by atoms with van der Waals surface area (Å²) in [5, 5.41) is 9.80. The number of rotatable bonds is 5. The Balaban J connectivity index is 2.74. The lowest BCUT2D eigenvalue weighted by Crippen LogP contribution is -2.33. The molecular weight excluding hydrogens is 287 g/mol. The van der Waals surface area contributed by atoms with Crippen LogP contribution in [0.2, 0.25) is 0 Å². The Morgan fingerprint density at radius 3 is 2.23 bits per heavy atom. The number of benzene rings is 1. The first-order valence-corrected chi connectivity index (χ1v) is 7.45. The molecule has 0 unspecified atom stereocenters. The number of carboxylic acids is 1. The second-order valence-corrected chi connectivity index (χ2v) is 6.33. The molecule has 0 bridgehead atoms. The maximum Gasteiger partial charge on any atom is 0.314 e. The summed E-state index contributed by atoms with van der Waals surface area (Å²) in [6.45, 7) is 2.89. The fraction of sp³-hybridized carbons (Fsp3) is 0.588. The summed E-state index contributed by atoms with van der Waals surface area (Å²) in [6, 6.07) is 3.20. The van der Waals surface area contributed by atoms with E-state index in [0.29, 0.717) is 35.5 Å². The number of methoxy groups -OCH3 is 2. The molecule has 1 aliphatic rings. The molecule has 1 N–H and O–H groups in total. The predicted molar refractivity (Wildman–Crippen MR) is 81.5 cm³/mol. The molecule has 1 aromatic carbocycles. The molecule has 4 nitrogen and oxygen atoms in total. The molecule has 1 aromatic rings. The smallest absolute Gasteiger partial charge is 0.314 e. The van der Waals surface area contributed by atoms with E-state index in [1.165, 1.54) is 28.1 Å². The van der Waals surface area contributed by atoms with E-state index in [4.69, 9.17) is 9.47 Å². The van der Waals surface area contributed by atoms with Crippen LogP contribution in [-0.4, -0.2) is 25.3 Å². The van der Waals surface area contributed by atoms with Crippen molar-refractivity contribution in [3.63, 3.8) is 0 Å². The van der Waals surface area contributed by atoms with E-state index in [-0.39, 0.29) is 0 Å². The van der Waals surface area contributed by atoms with Gasteiger partial charge in [0.25, 0.3) is 0 Å². The normalized spacial score (nSPS) is 17.3. The van der Waals surface area contributed by atoms with E-state index in [2.05, 4.69) is 0 Å². The molecule has 0 radical (unpaired) electrons. The van der Waals surface area contributed by atoms with Crippen molar-refractivity contribution in [2.45, 2.75) is 50.6 Å². The molecule has 0 amide bonds. The molecule has 1 aliphatic carbocycles. The molecule has 0 aromatic heterocycles. The summed E-state index contributed by atoms with van der Waals surface area (Å²) in [6.07, 6.45) is 2.72. The zero-order valence-electron chi connectivity index (χ0n) is 13.5. The van der Waals surface area contributed by atoms with E-state index >= 15 is 0 Å². The van der Waals surface area contributed by atoms with Crippen LogP contribution in [0.3, 0.4) is 0 Å². The van der Waals surface area contributed by atoms with Crippen LogP contribution < -0.4 is 9.47 Å². The highest BCUT2D eigenvalue weighted by Crippen LogP contribution is 2.49. The third-order valence-corrected chi connectivity index (χ3v) is 4.55. The molecule has 0 atom stereocenters. The van der Waals surface area contributed by atoms with Gasteiger partial charge in [0.05, 0.1) is 19.6 Å². The minimum Gasteiger partial charge on any atom is -0.493 e. The van der Waals surface area contributed by atoms with Crippen LogP contribution in [0.25, 0.3) is 0 Å². The predicted octanol–water partition coefficient (Wildman–Crippen LogP) is 3.80. The molecule has 0 saturated heterocycles. The maximum absolute atomic E-state index is 14.4. The van der Waals surface area contributed by atoms with Gasteiger partial charge >= 0.3 is 5.97 Å². The third kappa shape index (κ3) is 2.64. The highest BCUT2D eigenvalue weighted by molar-refractivity contribution is 5.83. The van der Waals surface area contributed by atoms with Crippen LogP contribution >= 0.6 is 0 Å². The van der Waals surface area contributed by atoms with Gasteiger partial charge in [-0.3, -0.25) is 4.79 Å². The second-order valence-electron chi connectivity index (χ2n) is 6.33. The van der Waals surface area contributed by atoms with Crippen molar-refractivity contribution in [1.29, 1.82) is 0 Å². The lowest BCUT2D eigenvalue weighted by molar-refractivity contribution is -0.143. The average Bonchev–Trinajstić information content (AvgIpc) is 2.95. The minimum absolute atomic E-state index is 0.369. The molecule has 1 saturated carbocycles. The topological polar surface area (TPSA) is 55.8 Å². The molecule has 5 heteroatoms. The lowest BCUT2D eigenvalue weighted by atomic mass is 9.77. The number of alkyl halides is 1. The summed E-state index contributed by atoms with van der Waals surface area (Å²) in [4.78, 5) is 12.0. The van der Waals surface area contributed by atoms with E-state index in [1.807, 2.05) is 0 Å². The van der Waals surface area contributed by atoms with E-state index < -0.39 is 17.1 Å². The van der Waals surface area contributed by atoms with Gasteiger partial charge in [-0.15, -0.1) is 0 Å². The van der Waals surface area contributed by atoms with Gasteiger partial charge in [0.15, 0.2) is 11.5 Å². The number of hydrogen-bond acceptors (Lipinski definition) is 3. The number of ether oxygens (including phenoxy) is 2. The molecule has 122 valence electrons. The Morgan fingerprint density at radius 2 is 1.82 bits per heavy atom. The van der Waals surface area contributed by atoms with Gasteiger partial charge in [0.2, 0.25) is 0 Å². The van der Waals surface area contributed by atoms with E-state index in [9.17, 15) is 14.3 Å². The molecular formula is C17H23FO4. The van der Waals surface area contributed by atoms with Crippen LogP contribution in [-0.2, 0) is 15.9 Å². The van der Waals surface area contributed by atoms with Crippen LogP contribution in [0.1, 0.15) is 50.7 Å². The van der Waals surface area contributed by atoms with Crippen molar-refractivity contribution in [1.82, 2.24) is 0 Å². The Kier molecular flexibility index (Phi) is 4.36. The molecule has 0 aliphatic heterocycles. The summed E-state index contributed by atoms with van der Waals surface area (Å²) < 4.78 is 25.1. The molecule has 1 fully saturated rings. The fourth-order valence-corrected chi connectivity index (χ4v) is 3.24. The molecule has 22 heavy (non-hydrogen) atoms. The van der Waals surface area contributed by atoms with Crippen molar-refractivity contribution >= 4 is 5.97 Å². The van der Waals surface area contributed by atoms with E-state index in [0.717, 1.165) is 12.8 Å². The molecule has 0 spiro atoms. The third-order valence-electron chi connectivity index (χ3n) is 4.55. The highest BCUT2D eigenvalue weighted by atomic mass is 19.1. The van der Waals surface area contributed by atoms with Gasteiger partial charge in [-0.1, -0.05) is 12.8 Å². The van der Waals surface area contributed by atoms with Gasteiger partial charge in [0.1, 0.15) is 5.67 Å². The Hall–Kier alpha value is -1.78. The molecule has 2 rings (SSSR count). The monoisotopic (exact) mass is 310 g/mol. The number of aliphatic carboxylic acids is 1. The van der Waals surface area contributed by atoms with Crippen molar-refractivity contribution < 1.29 is 23.8 Å². The number of carbonyl (C=O) groups is 1. The molecule has 0 heterocycles. The van der Waals surface area contributed by atoms with Crippen molar-refractivity contribution in [2.24, 2.45) is 0 Å². The maximum atomic E-state index is 14.4. The van der Waals surface area contributed by atoms with Gasteiger partial charge in [-0.25, -0.2) is 4.39 Å². The Bertz CT molecular complexity index is 569. The largest absolute Gasteiger partial charge is 0.493 e. The van der Waals surface area contributed by atoms with Crippen LogP contribution in [0, 0.1) is 0 Å². The van der Waals surface area contributed by atoms with Gasteiger partial charge < -0.3 is 14.6 Å². The Labute approximate surface area is 130 Å². The first-order valence-electron chi connectivity index (χ1n) is 7.45. The lowest BCUT2D eigenvalue weighted by Gasteiger charge is -2.29. The van der Waals surface area contributed by atoms with Gasteiger partial charge in [-0.2, -0.15) is 0 Å². The summed E-state index contributed by atoms with van der Waals surface area (Å²) >= 11 is 0. The summed E-state index contributed by atoms with van der Waals surface area (Å²) in [7, 11) is 2.95. The zero-order valence-corrected chi connectivity index (χ0v) is 13.5. The summed E-state index contributed by atoms with van der Waals surface area (Å²) in [5.41, 5.74) is -1.71. The van der Waals surface area contributed by atoms with Gasteiger partial charge in [0, 0.05) is 5.56 Å². The van der Waals surface area contributed by atoms with Crippen LogP contribution in [0.15, 0.2) is 12.1 Å². The van der Waals surface area contributed by atoms with Crippen LogP contribution in [0.5, 0.6) is 11.5 Å². The number of carboxylic acid groups (broad SMARTS) is 1. The van der Waals surface area contributed by atoms with E-state index in [1.54, 1.807) is 12.1 Å². The van der Waals surface area contributed by atoms with Crippen LogP contribution in [0.4, 0.5) is 4.39 Å². The highest BCUT2D eigenvalue weighted by Gasteiger charge is 2.46. The Morgan fingerprint density at radius 1 is 1.23 bits per heavy atom. The standard InChI is InChI=1S/C17H23FO4/c1-16(2,18)11-9-12(14(22-4)13(10-11)21-3)17(15(19)20)7-5-6-8-17/h9-10H,5-8H2,1-4H3,(H,19,20). The second kappa shape index (κ2) is 5.78. The SMILES string of the molecule is COc1cc(C(C)(C)F)cc(C2(C(=O)O)CCCC2)c1OC. The van der Waals surface area contributed by atoms with Crippen molar-refractivity contribution in [3.8, 4) is 11.5 Å². The first-order chi connectivity index (χ1) is 10.3. The fourth-order valence-electron chi connectivity index (χ4n) is 3.24. The quantitative estimate of drug-likeness (QED) is 0.898. The minimum atomic E-state index is -1.59.